The van der Waals surface area contributed by atoms with Crippen LogP contribution in [0.1, 0.15) is 10.4 Å². The van der Waals surface area contributed by atoms with E-state index in [2.05, 4.69) is 0 Å². The number of carboxylic acids is 1. The van der Waals surface area contributed by atoms with Gasteiger partial charge in [0.25, 0.3) is 5.91 Å². The van der Waals surface area contributed by atoms with Gasteiger partial charge in [-0.25, -0.2) is 0 Å². The summed E-state index contributed by atoms with van der Waals surface area (Å²) < 4.78 is 0.760. The summed E-state index contributed by atoms with van der Waals surface area (Å²) in [4.78, 5) is 34.5. The van der Waals surface area contributed by atoms with Gasteiger partial charge in [0.15, 0.2) is 0 Å². The predicted molar refractivity (Wildman–Crippen MR) is 76.9 cm³/mol. The topological polar surface area (TPSA) is 101 Å². The van der Waals surface area contributed by atoms with E-state index in [4.69, 9.17) is 22.4 Å². The Morgan fingerprint density at radius 2 is 1.95 bits per heavy atom. The minimum Gasteiger partial charge on any atom is -0.480 e. The second-order valence-electron chi connectivity index (χ2n) is 3.65. The maximum Gasteiger partial charge on any atom is 0.323 e. The fourth-order valence-corrected chi connectivity index (χ4v) is 1.88. The molecule has 0 atom stereocenters. The van der Waals surface area contributed by atoms with Crippen LogP contribution in [0.3, 0.4) is 0 Å². The zero-order valence-corrected chi connectivity index (χ0v) is 12.5. The molecular formula is C11H10ClIN2O4. The quantitative estimate of drug-likeness (QED) is 0.724. The molecule has 0 aliphatic carbocycles. The van der Waals surface area contributed by atoms with Crippen molar-refractivity contribution < 1.29 is 19.5 Å². The lowest BCUT2D eigenvalue weighted by molar-refractivity contribution is -0.138. The number of halogens is 2. The van der Waals surface area contributed by atoms with Gasteiger partial charge in [-0.15, -0.1) is 0 Å². The number of carbonyl (C=O) groups excluding carboxylic acids is 2. The van der Waals surface area contributed by atoms with Crippen molar-refractivity contribution in [3.8, 4) is 0 Å². The van der Waals surface area contributed by atoms with E-state index < -0.39 is 30.9 Å². The Hall–Kier alpha value is -1.35. The zero-order chi connectivity index (χ0) is 14.6. The van der Waals surface area contributed by atoms with Crippen LogP contribution in [0.15, 0.2) is 18.2 Å². The molecule has 0 spiro atoms. The Labute approximate surface area is 127 Å². The number of primary amides is 1. The molecule has 0 aromatic heterocycles. The van der Waals surface area contributed by atoms with E-state index in [1.54, 1.807) is 6.07 Å². The van der Waals surface area contributed by atoms with Gasteiger partial charge < -0.3 is 15.7 Å². The Morgan fingerprint density at radius 3 is 2.42 bits per heavy atom. The summed E-state index contributed by atoms with van der Waals surface area (Å²) in [5.74, 6) is -2.63. The van der Waals surface area contributed by atoms with Crippen LogP contribution < -0.4 is 5.73 Å². The van der Waals surface area contributed by atoms with Crippen molar-refractivity contribution >= 4 is 52.0 Å². The number of nitrogens with zero attached hydrogens (tertiary/aromatic N) is 1. The standard InChI is InChI=1S/C11H10ClIN2O4/c12-7-3-6(1-2-8(7)13)11(19)15(4-9(14)16)5-10(17)18/h1-3H,4-5H2,(H2,14,16)(H,17,18). The van der Waals surface area contributed by atoms with Crippen molar-refractivity contribution in [3.05, 3.63) is 32.4 Å². The number of carboxylic acid groups (broad SMARTS) is 1. The van der Waals surface area contributed by atoms with Gasteiger partial charge in [-0.2, -0.15) is 0 Å². The highest BCUT2D eigenvalue weighted by molar-refractivity contribution is 14.1. The van der Waals surface area contributed by atoms with Crippen LogP contribution in [-0.2, 0) is 9.59 Å². The molecule has 0 saturated carbocycles. The molecule has 1 aromatic carbocycles. The Bertz CT molecular complexity index is 519. The Balaban J connectivity index is 3.00. The number of carbonyl (C=O) groups is 3. The van der Waals surface area contributed by atoms with Gasteiger partial charge in [-0.05, 0) is 40.8 Å². The Morgan fingerprint density at radius 1 is 1.32 bits per heavy atom. The summed E-state index contributed by atoms with van der Waals surface area (Å²) in [6.45, 7) is -1.07. The summed E-state index contributed by atoms with van der Waals surface area (Å²) in [5.41, 5.74) is 5.19. The number of hydrogen-bond acceptors (Lipinski definition) is 3. The average molecular weight is 397 g/mol. The molecule has 1 rings (SSSR count). The van der Waals surface area contributed by atoms with Crippen LogP contribution in [0.4, 0.5) is 0 Å². The third kappa shape index (κ3) is 4.67. The molecule has 0 fully saturated rings. The molecule has 0 aliphatic heterocycles. The monoisotopic (exact) mass is 396 g/mol. The van der Waals surface area contributed by atoms with E-state index in [-0.39, 0.29) is 5.56 Å². The van der Waals surface area contributed by atoms with Crippen LogP contribution in [0.25, 0.3) is 0 Å². The molecule has 0 bridgehead atoms. The molecule has 0 unspecified atom stereocenters. The lowest BCUT2D eigenvalue weighted by atomic mass is 10.2. The lowest BCUT2D eigenvalue weighted by Gasteiger charge is -2.19. The first-order valence-corrected chi connectivity index (χ1v) is 6.51. The third-order valence-electron chi connectivity index (χ3n) is 2.13. The molecule has 0 aliphatic rings. The first kappa shape index (κ1) is 15.7. The first-order chi connectivity index (χ1) is 8.81. The Kier molecular flexibility index (Phi) is 5.55. The van der Waals surface area contributed by atoms with Gasteiger partial charge in [-0.3, -0.25) is 14.4 Å². The van der Waals surface area contributed by atoms with Crippen molar-refractivity contribution in [2.75, 3.05) is 13.1 Å². The first-order valence-electron chi connectivity index (χ1n) is 5.05. The molecule has 1 aromatic rings. The predicted octanol–water partition coefficient (Wildman–Crippen LogP) is 0.957. The third-order valence-corrected chi connectivity index (χ3v) is 3.70. The van der Waals surface area contributed by atoms with Gasteiger partial charge in [0.05, 0.1) is 5.02 Å². The molecule has 19 heavy (non-hydrogen) atoms. The summed E-state index contributed by atoms with van der Waals surface area (Å²) in [7, 11) is 0. The summed E-state index contributed by atoms with van der Waals surface area (Å²) in [5, 5.41) is 9.09. The highest BCUT2D eigenvalue weighted by Gasteiger charge is 2.20. The van der Waals surface area contributed by atoms with E-state index in [0.29, 0.717) is 5.02 Å². The smallest absolute Gasteiger partial charge is 0.323 e. The van der Waals surface area contributed by atoms with Crippen molar-refractivity contribution in [2.45, 2.75) is 0 Å². The van der Waals surface area contributed by atoms with Gasteiger partial charge in [-0.1, -0.05) is 11.6 Å². The summed E-state index contributed by atoms with van der Waals surface area (Å²) in [6, 6.07) is 4.55. The average Bonchev–Trinajstić information content (AvgIpc) is 2.29. The highest BCUT2D eigenvalue weighted by Crippen LogP contribution is 2.20. The molecule has 0 radical (unpaired) electrons. The number of nitrogens with two attached hydrogens (primary N) is 1. The molecule has 0 heterocycles. The zero-order valence-electron chi connectivity index (χ0n) is 9.60. The highest BCUT2D eigenvalue weighted by atomic mass is 127. The summed E-state index contributed by atoms with van der Waals surface area (Å²) >= 11 is 7.88. The molecule has 6 nitrogen and oxygen atoms in total. The van der Waals surface area contributed by atoms with Crippen molar-refractivity contribution in [1.82, 2.24) is 4.90 Å². The van der Waals surface area contributed by atoms with Crippen LogP contribution >= 0.6 is 34.2 Å². The molecule has 102 valence electrons. The van der Waals surface area contributed by atoms with E-state index in [1.807, 2.05) is 22.6 Å². The number of benzene rings is 1. The second-order valence-corrected chi connectivity index (χ2v) is 5.22. The summed E-state index contributed by atoms with van der Waals surface area (Å²) in [6.07, 6.45) is 0. The largest absolute Gasteiger partial charge is 0.480 e. The van der Waals surface area contributed by atoms with E-state index in [0.717, 1.165) is 8.47 Å². The van der Waals surface area contributed by atoms with Gasteiger partial charge in [0.2, 0.25) is 5.91 Å². The van der Waals surface area contributed by atoms with Gasteiger partial charge >= 0.3 is 5.97 Å². The second kappa shape index (κ2) is 6.71. The van der Waals surface area contributed by atoms with Crippen molar-refractivity contribution in [3.63, 3.8) is 0 Å². The maximum atomic E-state index is 12.1. The molecular weight excluding hydrogens is 386 g/mol. The lowest BCUT2D eigenvalue weighted by Crippen LogP contribution is -2.41. The van der Waals surface area contributed by atoms with Crippen LogP contribution in [0.5, 0.6) is 0 Å². The molecule has 0 saturated heterocycles. The SMILES string of the molecule is NC(=O)CN(CC(=O)O)C(=O)c1ccc(I)c(Cl)c1. The molecule has 8 heteroatoms. The fraction of sp³-hybridized carbons (Fsp3) is 0.182. The number of amides is 2. The number of hydrogen-bond donors (Lipinski definition) is 2. The molecule has 2 amide bonds. The minimum atomic E-state index is -1.23. The van der Waals surface area contributed by atoms with Gasteiger partial charge in [0.1, 0.15) is 13.1 Å². The van der Waals surface area contributed by atoms with Crippen molar-refractivity contribution in [2.24, 2.45) is 5.73 Å². The number of aliphatic carboxylic acids is 1. The number of rotatable bonds is 5. The van der Waals surface area contributed by atoms with E-state index in [1.165, 1.54) is 12.1 Å². The fourth-order valence-electron chi connectivity index (χ4n) is 1.36. The van der Waals surface area contributed by atoms with E-state index in [9.17, 15) is 14.4 Å². The maximum absolute atomic E-state index is 12.1. The van der Waals surface area contributed by atoms with Crippen LogP contribution in [0, 0.1) is 3.57 Å². The van der Waals surface area contributed by atoms with E-state index >= 15 is 0 Å². The molecule has 3 N–H and O–H groups in total. The van der Waals surface area contributed by atoms with Crippen LogP contribution in [-0.4, -0.2) is 40.9 Å². The normalized spacial score (nSPS) is 10.0. The van der Waals surface area contributed by atoms with Crippen molar-refractivity contribution in [1.29, 1.82) is 0 Å². The van der Waals surface area contributed by atoms with Gasteiger partial charge in [0, 0.05) is 9.13 Å². The minimum absolute atomic E-state index is 0.202. The van der Waals surface area contributed by atoms with Crippen LogP contribution in [0.2, 0.25) is 5.02 Å².